The van der Waals surface area contributed by atoms with Gasteiger partial charge in [-0.05, 0) is 18.2 Å². The molecule has 28 heavy (non-hydrogen) atoms. The topological polar surface area (TPSA) is 104 Å². The van der Waals surface area contributed by atoms with Crippen molar-refractivity contribution in [1.82, 2.24) is 9.80 Å². The summed E-state index contributed by atoms with van der Waals surface area (Å²) in [5, 5.41) is 0. The molecule has 1 aromatic rings. The summed E-state index contributed by atoms with van der Waals surface area (Å²) in [6, 6.07) is 4.68. The number of carbonyl (C=O) groups is 5. The van der Waals surface area contributed by atoms with E-state index >= 15 is 0 Å². The molecule has 4 rings (SSSR count). The van der Waals surface area contributed by atoms with Gasteiger partial charge in [-0.3, -0.25) is 38.7 Å². The van der Waals surface area contributed by atoms with Crippen molar-refractivity contribution < 1.29 is 28.7 Å². The molecule has 1 spiro atoms. The van der Waals surface area contributed by atoms with Crippen molar-refractivity contribution in [1.29, 1.82) is 0 Å². The molecule has 0 bridgehead atoms. The third-order valence-electron chi connectivity index (χ3n) is 5.55. The van der Waals surface area contributed by atoms with Gasteiger partial charge in [-0.15, -0.1) is 0 Å². The second-order valence-electron chi connectivity index (χ2n) is 6.95. The van der Waals surface area contributed by atoms with Crippen molar-refractivity contribution in [2.75, 3.05) is 26.1 Å². The Morgan fingerprint density at radius 2 is 1.75 bits per heavy atom. The van der Waals surface area contributed by atoms with Crippen LogP contribution in [0.1, 0.15) is 18.9 Å². The number of imide groups is 2. The highest BCUT2D eigenvalue weighted by Crippen LogP contribution is 2.52. The number of methoxy groups -OCH3 is 1. The third-order valence-corrected chi connectivity index (χ3v) is 5.55. The van der Waals surface area contributed by atoms with E-state index in [1.165, 1.54) is 28.1 Å². The number of carbonyl (C=O) groups excluding carboxylic acids is 5. The molecular formula is C19H17N3O6. The van der Waals surface area contributed by atoms with Crippen molar-refractivity contribution in [2.24, 2.45) is 0 Å². The first-order valence-electron chi connectivity index (χ1n) is 8.54. The summed E-state index contributed by atoms with van der Waals surface area (Å²) in [6.45, 7) is 1.25. The smallest absolute Gasteiger partial charge is 0.261 e. The van der Waals surface area contributed by atoms with E-state index in [-0.39, 0.29) is 16.8 Å². The maximum absolute atomic E-state index is 13.2. The van der Waals surface area contributed by atoms with E-state index < -0.39 is 41.5 Å². The van der Waals surface area contributed by atoms with Gasteiger partial charge in [0.25, 0.3) is 17.7 Å². The second-order valence-corrected chi connectivity index (χ2v) is 6.95. The Labute approximate surface area is 160 Å². The van der Waals surface area contributed by atoms with Gasteiger partial charge in [0, 0.05) is 26.6 Å². The van der Waals surface area contributed by atoms with Gasteiger partial charge in [0.1, 0.15) is 5.75 Å². The Morgan fingerprint density at radius 3 is 2.29 bits per heavy atom. The van der Waals surface area contributed by atoms with Crippen LogP contribution in [0.25, 0.3) is 5.57 Å². The lowest BCUT2D eigenvalue weighted by Crippen LogP contribution is -2.60. The summed E-state index contributed by atoms with van der Waals surface area (Å²) in [4.78, 5) is 67.1. The van der Waals surface area contributed by atoms with Crippen LogP contribution < -0.4 is 9.64 Å². The monoisotopic (exact) mass is 383 g/mol. The number of fused-ring (bicyclic) bond motifs is 3. The standard InChI is InChI=1S/C19H17N3O6/c1-9(23)22-12-6-5-10(28-4)7-11(12)14-15(17(26)21(3)16(14)25)19(22)8-13(24)20(2)18(19)27/h5-7H,8H2,1-4H3. The van der Waals surface area contributed by atoms with Crippen LogP contribution in [0.3, 0.4) is 0 Å². The fraction of sp³-hybridized carbons (Fsp3) is 0.316. The number of likely N-dealkylation sites (tertiary alicyclic amines) is 1. The van der Waals surface area contributed by atoms with Gasteiger partial charge >= 0.3 is 0 Å². The minimum Gasteiger partial charge on any atom is -0.497 e. The van der Waals surface area contributed by atoms with E-state index in [9.17, 15) is 24.0 Å². The number of anilines is 1. The summed E-state index contributed by atoms with van der Waals surface area (Å²) < 4.78 is 5.22. The van der Waals surface area contributed by atoms with E-state index in [0.29, 0.717) is 11.3 Å². The molecule has 9 heteroatoms. The zero-order valence-corrected chi connectivity index (χ0v) is 15.7. The average Bonchev–Trinajstić information content (AvgIpc) is 3.02. The Hall–Kier alpha value is -3.49. The highest BCUT2D eigenvalue weighted by Gasteiger charge is 2.65. The minimum absolute atomic E-state index is 0.0235. The predicted molar refractivity (Wildman–Crippen MR) is 96.0 cm³/mol. The van der Waals surface area contributed by atoms with Gasteiger partial charge in [-0.25, -0.2) is 0 Å². The number of ether oxygens (including phenoxy) is 1. The zero-order valence-electron chi connectivity index (χ0n) is 15.7. The number of likely N-dealkylation sites (N-methyl/N-ethyl adjacent to an activating group) is 2. The van der Waals surface area contributed by atoms with Crippen molar-refractivity contribution in [3.8, 4) is 5.75 Å². The summed E-state index contributed by atoms with van der Waals surface area (Å²) in [6.07, 6.45) is -0.404. The van der Waals surface area contributed by atoms with Gasteiger partial charge in [-0.2, -0.15) is 0 Å². The van der Waals surface area contributed by atoms with Crippen LogP contribution in [0.5, 0.6) is 5.75 Å². The predicted octanol–water partition coefficient (Wildman–Crippen LogP) is -0.0586. The van der Waals surface area contributed by atoms with E-state index in [2.05, 4.69) is 0 Å². The van der Waals surface area contributed by atoms with Crippen LogP contribution in [0, 0.1) is 0 Å². The van der Waals surface area contributed by atoms with E-state index in [1.807, 2.05) is 0 Å². The molecule has 9 nitrogen and oxygen atoms in total. The first kappa shape index (κ1) is 17.9. The van der Waals surface area contributed by atoms with Crippen LogP contribution >= 0.6 is 0 Å². The molecular weight excluding hydrogens is 366 g/mol. The molecule has 0 saturated carbocycles. The Bertz CT molecular complexity index is 1040. The molecule has 0 aliphatic carbocycles. The summed E-state index contributed by atoms with van der Waals surface area (Å²) >= 11 is 0. The lowest BCUT2D eigenvalue weighted by Gasteiger charge is -2.42. The van der Waals surface area contributed by atoms with E-state index in [1.54, 1.807) is 18.2 Å². The van der Waals surface area contributed by atoms with Gasteiger partial charge in [0.15, 0.2) is 5.54 Å². The van der Waals surface area contributed by atoms with Crippen molar-refractivity contribution >= 4 is 40.8 Å². The van der Waals surface area contributed by atoms with Crippen molar-refractivity contribution in [3.05, 3.63) is 29.3 Å². The van der Waals surface area contributed by atoms with Gasteiger partial charge in [0.05, 0.1) is 30.4 Å². The van der Waals surface area contributed by atoms with Crippen molar-refractivity contribution in [2.45, 2.75) is 18.9 Å². The Balaban J connectivity index is 2.15. The fourth-order valence-corrected chi connectivity index (χ4v) is 4.24. The van der Waals surface area contributed by atoms with Crippen LogP contribution in [-0.4, -0.2) is 66.1 Å². The molecule has 1 saturated heterocycles. The molecule has 1 aromatic carbocycles. The molecule has 1 atom stereocenters. The molecule has 3 heterocycles. The Morgan fingerprint density at radius 1 is 1.07 bits per heavy atom. The highest BCUT2D eigenvalue weighted by atomic mass is 16.5. The van der Waals surface area contributed by atoms with Crippen molar-refractivity contribution in [3.63, 3.8) is 0 Å². The fourth-order valence-electron chi connectivity index (χ4n) is 4.24. The highest BCUT2D eigenvalue weighted by molar-refractivity contribution is 6.41. The number of benzene rings is 1. The second kappa shape index (κ2) is 5.51. The lowest BCUT2D eigenvalue weighted by molar-refractivity contribution is -0.140. The first-order chi connectivity index (χ1) is 13.2. The average molecular weight is 383 g/mol. The number of nitrogens with zero attached hydrogens (tertiary/aromatic N) is 3. The molecule has 0 radical (unpaired) electrons. The summed E-state index contributed by atoms with van der Waals surface area (Å²) in [5.74, 6) is -2.63. The summed E-state index contributed by atoms with van der Waals surface area (Å²) in [5.41, 5.74) is -1.40. The number of rotatable bonds is 1. The van der Waals surface area contributed by atoms with Crippen LogP contribution in [0.2, 0.25) is 0 Å². The SMILES string of the molecule is COc1ccc2c(c1)C1=C(C(=O)N(C)C1=O)C1(CC(=O)N(C)C1=O)N2C(C)=O. The lowest BCUT2D eigenvalue weighted by atomic mass is 9.77. The van der Waals surface area contributed by atoms with Crippen LogP contribution in [0.15, 0.2) is 23.8 Å². The maximum Gasteiger partial charge on any atom is 0.261 e. The molecule has 144 valence electrons. The molecule has 5 amide bonds. The number of hydrogen-bond acceptors (Lipinski definition) is 6. The quantitative estimate of drug-likeness (QED) is 0.630. The van der Waals surface area contributed by atoms with E-state index in [0.717, 1.165) is 14.7 Å². The zero-order chi connectivity index (χ0) is 20.5. The molecule has 1 unspecified atom stereocenters. The summed E-state index contributed by atoms with van der Waals surface area (Å²) in [7, 11) is 4.05. The number of hydrogen-bond donors (Lipinski definition) is 0. The molecule has 1 fully saturated rings. The minimum atomic E-state index is -1.87. The Kier molecular flexibility index (Phi) is 3.52. The van der Waals surface area contributed by atoms with Crippen LogP contribution in [-0.2, 0) is 24.0 Å². The number of amides is 5. The van der Waals surface area contributed by atoms with Crippen LogP contribution in [0.4, 0.5) is 5.69 Å². The normalized spacial score (nSPS) is 23.8. The molecule has 0 aromatic heterocycles. The van der Waals surface area contributed by atoms with Gasteiger partial charge in [0.2, 0.25) is 11.8 Å². The van der Waals surface area contributed by atoms with E-state index in [4.69, 9.17) is 4.74 Å². The third kappa shape index (κ3) is 1.88. The van der Waals surface area contributed by atoms with Gasteiger partial charge in [-0.1, -0.05) is 0 Å². The molecule has 3 aliphatic heterocycles. The maximum atomic E-state index is 13.2. The largest absolute Gasteiger partial charge is 0.497 e. The first-order valence-corrected chi connectivity index (χ1v) is 8.54. The molecule has 0 N–H and O–H groups in total. The molecule has 3 aliphatic rings. The van der Waals surface area contributed by atoms with Gasteiger partial charge < -0.3 is 4.74 Å².